The number of likely N-dealkylation sites (tertiary alicyclic amines) is 1. The number of ether oxygens (including phenoxy) is 2. The fourth-order valence-electron chi connectivity index (χ4n) is 6.50. The average molecular weight is 638 g/mol. The Hall–Kier alpha value is -4.68. The number of carboxylic acids is 1. The second-order valence-electron chi connectivity index (χ2n) is 12.8. The Balaban J connectivity index is 0.892. The van der Waals surface area contributed by atoms with E-state index in [9.17, 15) is 14.3 Å². The minimum absolute atomic E-state index is 0.0759. The molecule has 2 aromatic carbocycles. The molecule has 0 unspecified atom stereocenters. The summed E-state index contributed by atoms with van der Waals surface area (Å²) in [5, 5.41) is 17.9. The van der Waals surface area contributed by atoms with Gasteiger partial charge in [0, 0.05) is 41.8 Å². The highest BCUT2D eigenvalue weighted by atomic mass is 19.1. The van der Waals surface area contributed by atoms with Gasteiger partial charge in [-0.3, -0.25) is 4.90 Å². The first-order valence-corrected chi connectivity index (χ1v) is 16.3. The molecule has 0 spiro atoms. The lowest BCUT2D eigenvalue weighted by molar-refractivity contribution is -0.0592. The zero-order chi connectivity index (χ0) is 31.9. The van der Waals surface area contributed by atoms with Crippen molar-refractivity contribution < 1.29 is 23.8 Å². The SMILES string of the molecule is O=C(O)c1ccc2nc(CN3CCC(c4cccc(OCc5ccc(-n6cc(C7CC7)nn6)cc5F)n4)CC3)n(C[C@@H]3CCO3)c2c1. The van der Waals surface area contributed by atoms with Crippen LogP contribution < -0.4 is 4.74 Å². The normalized spacial score (nSPS) is 18.8. The summed E-state index contributed by atoms with van der Waals surface area (Å²) in [4.78, 5) is 23.7. The Morgan fingerprint density at radius 1 is 0.979 bits per heavy atom. The number of pyridine rings is 1. The molecule has 5 heterocycles. The molecule has 11 nitrogen and oxygen atoms in total. The van der Waals surface area contributed by atoms with Gasteiger partial charge in [0.2, 0.25) is 5.88 Å². The van der Waals surface area contributed by atoms with Crippen LogP contribution in [0, 0.1) is 5.82 Å². The van der Waals surface area contributed by atoms with Gasteiger partial charge in [-0.1, -0.05) is 17.3 Å². The number of rotatable bonds is 11. The molecule has 12 heteroatoms. The van der Waals surface area contributed by atoms with Crippen molar-refractivity contribution in [2.24, 2.45) is 0 Å². The first kappa shape index (κ1) is 29.7. The number of carboxylic acid groups (broad SMARTS) is 1. The van der Waals surface area contributed by atoms with Crippen molar-refractivity contribution in [2.75, 3.05) is 19.7 Å². The van der Waals surface area contributed by atoms with Crippen molar-refractivity contribution in [3.8, 4) is 11.6 Å². The van der Waals surface area contributed by atoms with Crippen LogP contribution in [0.4, 0.5) is 4.39 Å². The minimum Gasteiger partial charge on any atom is -0.478 e. The molecule has 47 heavy (non-hydrogen) atoms. The summed E-state index contributed by atoms with van der Waals surface area (Å²) in [6, 6.07) is 15.9. The number of fused-ring (bicyclic) bond motifs is 1. The molecule has 1 N–H and O–H groups in total. The van der Waals surface area contributed by atoms with E-state index in [0.29, 0.717) is 36.1 Å². The van der Waals surface area contributed by atoms with E-state index in [1.165, 1.54) is 6.07 Å². The standard InChI is InChI=1S/C35H36FN7O4/c36-28-17-26(43-19-31(39-40-43)22-4-5-22)8-6-25(28)21-47-34-3-1-2-29(38-34)23-10-13-41(14-11-23)20-33-37-30-9-7-24(35(44)45)16-32(30)42(33)18-27-12-15-46-27/h1-3,6-9,16-17,19,22-23,27H,4-5,10-15,18,20-21H2,(H,44,45)/t27-/m0/s1. The van der Waals surface area contributed by atoms with Crippen LogP contribution in [0.25, 0.3) is 16.7 Å². The highest BCUT2D eigenvalue weighted by Crippen LogP contribution is 2.38. The smallest absolute Gasteiger partial charge is 0.335 e. The van der Waals surface area contributed by atoms with E-state index in [4.69, 9.17) is 19.4 Å². The summed E-state index contributed by atoms with van der Waals surface area (Å²) in [7, 11) is 0. The Kier molecular flexibility index (Phi) is 7.90. The van der Waals surface area contributed by atoms with Crippen molar-refractivity contribution in [3.63, 3.8) is 0 Å². The minimum atomic E-state index is -0.946. The maximum Gasteiger partial charge on any atom is 0.335 e. The summed E-state index contributed by atoms with van der Waals surface area (Å²) < 4.78 is 30.4. The number of nitrogens with zero attached hydrogens (tertiary/aromatic N) is 7. The van der Waals surface area contributed by atoms with Gasteiger partial charge in [0.05, 0.1) is 53.4 Å². The molecule has 3 aliphatic rings. The Morgan fingerprint density at radius 2 is 1.81 bits per heavy atom. The quantitative estimate of drug-likeness (QED) is 0.201. The molecule has 1 saturated carbocycles. The highest BCUT2D eigenvalue weighted by molar-refractivity contribution is 5.92. The number of halogens is 1. The number of hydrogen-bond donors (Lipinski definition) is 1. The Bertz CT molecular complexity index is 1920. The number of carbonyl (C=O) groups is 1. The van der Waals surface area contributed by atoms with E-state index in [1.807, 2.05) is 30.5 Å². The third-order valence-electron chi connectivity index (χ3n) is 9.55. The molecule has 242 valence electrons. The van der Waals surface area contributed by atoms with Gasteiger partial charge < -0.3 is 19.1 Å². The fraction of sp³-hybridized carbons (Fsp3) is 0.400. The molecule has 1 aliphatic carbocycles. The maximum atomic E-state index is 15.0. The average Bonchev–Trinajstić information content (AvgIpc) is 3.69. The molecule has 2 saturated heterocycles. The Morgan fingerprint density at radius 3 is 2.55 bits per heavy atom. The van der Waals surface area contributed by atoms with Crippen LogP contribution in [0.1, 0.15) is 77.1 Å². The van der Waals surface area contributed by atoms with Crippen LogP contribution in [0.2, 0.25) is 0 Å². The second-order valence-corrected chi connectivity index (χ2v) is 12.8. The van der Waals surface area contributed by atoms with E-state index < -0.39 is 5.97 Å². The molecule has 0 amide bonds. The summed E-state index contributed by atoms with van der Waals surface area (Å²) in [6.45, 7) is 3.94. The van der Waals surface area contributed by atoms with Crippen LogP contribution in [0.15, 0.2) is 60.8 Å². The van der Waals surface area contributed by atoms with Gasteiger partial charge >= 0.3 is 5.97 Å². The molecular formula is C35H36FN7O4. The zero-order valence-electron chi connectivity index (χ0n) is 26.0. The van der Waals surface area contributed by atoms with E-state index >= 15 is 0 Å². The lowest BCUT2D eigenvalue weighted by atomic mass is 9.93. The molecule has 1 atom stereocenters. The molecule has 3 aromatic heterocycles. The molecule has 8 rings (SSSR count). The van der Waals surface area contributed by atoms with Crippen LogP contribution in [0.5, 0.6) is 5.88 Å². The van der Waals surface area contributed by atoms with Crippen molar-refractivity contribution in [1.29, 1.82) is 0 Å². The van der Waals surface area contributed by atoms with Crippen LogP contribution in [0.3, 0.4) is 0 Å². The largest absolute Gasteiger partial charge is 0.478 e. The van der Waals surface area contributed by atoms with Crippen molar-refractivity contribution in [2.45, 2.75) is 69.7 Å². The lowest BCUT2D eigenvalue weighted by Crippen LogP contribution is -2.35. The topological polar surface area (TPSA) is 120 Å². The van der Waals surface area contributed by atoms with Crippen LogP contribution >= 0.6 is 0 Å². The highest BCUT2D eigenvalue weighted by Gasteiger charge is 2.28. The van der Waals surface area contributed by atoms with Crippen LogP contribution in [-0.4, -0.2) is 71.3 Å². The first-order chi connectivity index (χ1) is 23.0. The van der Waals surface area contributed by atoms with Gasteiger partial charge in [-0.2, -0.15) is 0 Å². The summed E-state index contributed by atoms with van der Waals surface area (Å²) in [5.74, 6) is 0.877. The lowest BCUT2D eigenvalue weighted by Gasteiger charge is -2.32. The van der Waals surface area contributed by atoms with E-state index in [2.05, 4.69) is 19.8 Å². The third kappa shape index (κ3) is 6.35. The van der Waals surface area contributed by atoms with Gasteiger partial charge in [0.1, 0.15) is 18.2 Å². The Labute approximate surface area is 271 Å². The molecular weight excluding hydrogens is 601 g/mol. The number of piperidine rings is 1. The van der Waals surface area contributed by atoms with Crippen molar-refractivity contribution in [3.05, 3.63) is 95.0 Å². The summed E-state index contributed by atoms with van der Waals surface area (Å²) in [6.07, 6.45) is 7.14. The maximum absolute atomic E-state index is 15.0. The monoisotopic (exact) mass is 637 g/mol. The number of imidazole rings is 1. The van der Waals surface area contributed by atoms with Gasteiger partial charge in [-0.05, 0) is 75.5 Å². The third-order valence-corrected chi connectivity index (χ3v) is 9.55. The molecule has 2 aliphatic heterocycles. The number of aromatic carboxylic acids is 1. The van der Waals surface area contributed by atoms with Gasteiger partial charge in [-0.15, -0.1) is 5.10 Å². The summed E-state index contributed by atoms with van der Waals surface area (Å²) in [5.41, 5.74) is 4.91. The van der Waals surface area contributed by atoms with Crippen LogP contribution in [-0.2, 0) is 24.4 Å². The zero-order valence-corrected chi connectivity index (χ0v) is 26.0. The van der Waals surface area contributed by atoms with Gasteiger partial charge in [0.15, 0.2) is 0 Å². The molecule has 0 radical (unpaired) electrons. The fourth-order valence-corrected chi connectivity index (χ4v) is 6.50. The summed E-state index contributed by atoms with van der Waals surface area (Å²) >= 11 is 0. The number of aromatic nitrogens is 6. The van der Waals surface area contributed by atoms with E-state index in [1.54, 1.807) is 28.9 Å². The van der Waals surface area contributed by atoms with Crippen molar-refractivity contribution in [1.82, 2.24) is 34.4 Å². The molecule has 5 aromatic rings. The predicted octanol–water partition coefficient (Wildman–Crippen LogP) is 5.47. The second kappa shape index (κ2) is 12.5. The van der Waals surface area contributed by atoms with E-state index in [-0.39, 0.29) is 30.0 Å². The first-order valence-electron chi connectivity index (χ1n) is 16.3. The predicted molar refractivity (Wildman–Crippen MR) is 170 cm³/mol. The van der Waals surface area contributed by atoms with Gasteiger partial charge in [0.25, 0.3) is 0 Å². The van der Waals surface area contributed by atoms with Gasteiger partial charge in [-0.25, -0.2) is 23.8 Å². The number of hydrogen-bond acceptors (Lipinski definition) is 8. The van der Waals surface area contributed by atoms with E-state index in [0.717, 1.165) is 80.0 Å². The molecule has 0 bridgehead atoms. The number of benzene rings is 2. The molecule has 3 fully saturated rings. The van der Waals surface area contributed by atoms with Crippen molar-refractivity contribution >= 4 is 17.0 Å².